The Hall–Kier alpha value is -2.21. The number of nitrogen functional groups attached to an aromatic ring is 1. The highest BCUT2D eigenvalue weighted by molar-refractivity contribution is 5.96. The number of carbonyl (C=O) groups is 1. The molecule has 1 aromatic carbocycles. The highest BCUT2D eigenvalue weighted by Gasteiger charge is 2.29. The van der Waals surface area contributed by atoms with Crippen molar-refractivity contribution < 1.29 is 4.79 Å². The minimum Gasteiger partial charge on any atom is -0.383 e. The van der Waals surface area contributed by atoms with Crippen LogP contribution < -0.4 is 5.73 Å². The molecule has 0 saturated carbocycles. The molecule has 26 heavy (non-hydrogen) atoms. The number of carbonyl (C=O) groups excluding carboxylic acids is 1. The zero-order valence-electron chi connectivity index (χ0n) is 15.4. The quantitative estimate of drug-likeness (QED) is 0.898. The number of piperidine rings is 2. The van der Waals surface area contributed by atoms with Gasteiger partial charge in [0.25, 0.3) is 5.91 Å². The van der Waals surface area contributed by atoms with Crippen LogP contribution in [0.2, 0.25) is 0 Å². The van der Waals surface area contributed by atoms with Gasteiger partial charge in [0.15, 0.2) is 0 Å². The number of hydrogen-bond donors (Lipinski definition) is 1. The van der Waals surface area contributed by atoms with Gasteiger partial charge in [0.1, 0.15) is 5.82 Å². The summed E-state index contributed by atoms with van der Waals surface area (Å²) in [6, 6.07) is 6.46. The molecule has 2 aromatic rings. The normalized spacial score (nSPS) is 19.8. The van der Waals surface area contributed by atoms with Crippen molar-refractivity contribution in [3.63, 3.8) is 0 Å². The van der Waals surface area contributed by atoms with Gasteiger partial charge in [0.2, 0.25) is 5.82 Å². The van der Waals surface area contributed by atoms with Crippen LogP contribution in [0.15, 0.2) is 18.2 Å². The summed E-state index contributed by atoms with van der Waals surface area (Å²) in [5, 5.41) is 0.811. The van der Waals surface area contributed by atoms with Gasteiger partial charge in [-0.1, -0.05) is 18.1 Å². The van der Waals surface area contributed by atoms with Crippen LogP contribution in [0, 0.1) is 6.92 Å². The molecule has 4 rings (SSSR count). The van der Waals surface area contributed by atoms with E-state index in [4.69, 9.17) is 5.73 Å². The molecule has 2 N–H and O–H groups in total. The maximum absolute atomic E-state index is 12.9. The fourth-order valence-electron chi connectivity index (χ4n) is 4.22. The number of anilines is 1. The number of nitrogens with zero attached hydrogens (tertiary/aromatic N) is 4. The lowest BCUT2D eigenvalue weighted by molar-refractivity contribution is 0.0579. The molecule has 0 atom stereocenters. The molecule has 0 bridgehead atoms. The summed E-state index contributed by atoms with van der Waals surface area (Å²) in [4.78, 5) is 26.1. The minimum atomic E-state index is -0.101. The van der Waals surface area contributed by atoms with Gasteiger partial charge in [-0.3, -0.25) is 4.79 Å². The molecule has 138 valence electrons. The number of benzene rings is 1. The van der Waals surface area contributed by atoms with E-state index in [1.54, 1.807) is 0 Å². The van der Waals surface area contributed by atoms with Crippen molar-refractivity contribution in [1.29, 1.82) is 0 Å². The Morgan fingerprint density at radius 2 is 1.81 bits per heavy atom. The molecule has 2 aliphatic rings. The molecule has 0 spiro atoms. The second-order valence-corrected chi connectivity index (χ2v) is 7.57. The Morgan fingerprint density at radius 3 is 2.54 bits per heavy atom. The van der Waals surface area contributed by atoms with Gasteiger partial charge >= 0.3 is 0 Å². The maximum Gasteiger partial charge on any atom is 0.291 e. The van der Waals surface area contributed by atoms with Crippen molar-refractivity contribution >= 4 is 22.6 Å². The molecular formula is C20H27N5O. The van der Waals surface area contributed by atoms with Gasteiger partial charge in [-0.25, -0.2) is 9.97 Å². The summed E-state index contributed by atoms with van der Waals surface area (Å²) >= 11 is 0. The summed E-state index contributed by atoms with van der Waals surface area (Å²) in [5.41, 5.74) is 7.92. The standard InChI is InChI=1S/C20H27N5O/c1-14-5-6-17-16(13-14)18(21)23-19(22-17)20(26)25-11-7-15(8-12-25)24-9-3-2-4-10-24/h5-6,13,15H,2-4,7-12H2,1H3,(H2,21,22,23). The zero-order chi connectivity index (χ0) is 18.1. The second-order valence-electron chi connectivity index (χ2n) is 7.57. The molecular weight excluding hydrogens is 326 g/mol. The van der Waals surface area contributed by atoms with Gasteiger partial charge in [-0.2, -0.15) is 0 Å². The van der Waals surface area contributed by atoms with Crippen LogP contribution in [0.3, 0.4) is 0 Å². The maximum atomic E-state index is 12.9. The molecule has 6 nitrogen and oxygen atoms in total. The minimum absolute atomic E-state index is 0.101. The lowest BCUT2D eigenvalue weighted by atomic mass is 10.00. The van der Waals surface area contributed by atoms with Crippen molar-refractivity contribution in [2.45, 2.75) is 45.1 Å². The average Bonchev–Trinajstić information content (AvgIpc) is 2.68. The Bertz CT molecular complexity index is 807. The first-order valence-corrected chi connectivity index (χ1v) is 9.69. The number of fused-ring (bicyclic) bond motifs is 1. The van der Waals surface area contributed by atoms with Crippen LogP contribution in [-0.2, 0) is 0 Å². The Morgan fingerprint density at radius 1 is 1.08 bits per heavy atom. The highest BCUT2D eigenvalue weighted by atomic mass is 16.2. The molecule has 0 radical (unpaired) electrons. The predicted octanol–water partition coefficient (Wildman–Crippen LogP) is 2.61. The van der Waals surface area contributed by atoms with E-state index in [0.717, 1.165) is 42.4 Å². The number of aromatic nitrogens is 2. The van der Waals surface area contributed by atoms with Gasteiger partial charge < -0.3 is 15.5 Å². The second kappa shape index (κ2) is 7.19. The van der Waals surface area contributed by atoms with Crippen molar-refractivity contribution in [2.24, 2.45) is 0 Å². The first-order chi connectivity index (χ1) is 12.6. The highest BCUT2D eigenvalue weighted by Crippen LogP contribution is 2.23. The molecule has 6 heteroatoms. The number of amides is 1. The average molecular weight is 353 g/mol. The van der Waals surface area contributed by atoms with Crippen molar-refractivity contribution in [1.82, 2.24) is 19.8 Å². The third-order valence-corrected chi connectivity index (χ3v) is 5.73. The largest absolute Gasteiger partial charge is 0.383 e. The molecule has 2 fully saturated rings. The topological polar surface area (TPSA) is 75.4 Å². The summed E-state index contributed by atoms with van der Waals surface area (Å²) in [6.07, 6.45) is 6.04. The molecule has 1 aromatic heterocycles. The number of likely N-dealkylation sites (tertiary alicyclic amines) is 2. The first kappa shape index (κ1) is 17.2. The Balaban J connectivity index is 1.46. The summed E-state index contributed by atoms with van der Waals surface area (Å²) in [5.74, 6) is 0.497. The van der Waals surface area contributed by atoms with E-state index in [0.29, 0.717) is 11.9 Å². The van der Waals surface area contributed by atoms with Crippen molar-refractivity contribution in [3.05, 3.63) is 29.6 Å². The van der Waals surface area contributed by atoms with E-state index in [2.05, 4.69) is 14.9 Å². The van der Waals surface area contributed by atoms with E-state index in [1.807, 2.05) is 30.0 Å². The number of nitrogens with two attached hydrogens (primary N) is 1. The summed E-state index contributed by atoms with van der Waals surface area (Å²) < 4.78 is 0. The Labute approximate surface area is 154 Å². The van der Waals surface area contributed by atoms with Crippen molar-refractivity contribution in [2.75, 3.05) is 31.9 Å². The lowest BCUT2D eigenvalue weighted by Crippen LogP contribution is -2.48. The van der Waals surface area contributed by atoms with E-state index in [9.17, 15) is 4.79 Å². The molecule has 3 heterocycles. The number of aryl methyl sites for hydroxylation is 1. The molecule has 2 aliphatic heterocycles. The monoisotopic (exact) mass is 353 g/mol. The molecule has 0 unspecified atom stereocenters. The predicted molar refractivity (Wildman–Crippen MR) is 103 cm³/mol. The third kappa shape index (κ3) is 3.38. The van der Waals surface area contributed by atoms with Crippen LogP contribution in [0.1, 0.15) is 48.3 Å². The fourth-order valence-corrected chi connectivity index (χ4v) is 4.22. The Kier molecular flexibility index (Phi) is 4.76. The van der Waals surface area contributed by atoms with Gasteiger partial charge in [0, 0.05) is 24.5 Å². The summed E-state index contributed by atoms with van der Waals surface area (Å²) in [7, 11) is 0. The third-order valence-electron chi connectivity index (χ3n) is 5.73. The fraction of sp³-hybridized carbons (Fsp3) is 0.550. The number of rotatable bonds is 2. The van der Waals surface area contributed by atoms with Gasteiger partial charge in [0.05, 0.1) is 5.52 Å². The van der Waals surface area contributed by atoms with E-state index in [-0.39, 0.29) is 11.7 Å². The van der Waals surface area contributed by atoms with Crippen LogP contribution >= 0.6 is 0 Å². The van der Waals surface area contributed by atoms with Crippen molar-refractivity contribution in [3.8, 4) is 0 Å². The van der Waals surface area contributed by atoms with Crippen LogP contribution in [-0.4, -0.2) is 57.9 Å². The molecule has 1 amide bonds. The molecule has 2 saturated heterocycles. The van der Waals surface area contributed by atoms with E-state index >= 15 is 0 Å². The zero-order valence-corrected chi connectivity index (χ0v) is 15.4. The van der Waals surface area contributed by atoms with Crippen LogP contribution in [0.5, 0.6) is 0 Å². The van der Waals surface area contributed by atoms with Crippen LogP contribution in [0.25, 0.3) is 10.9 Å². The first-order valence-electron chi connectivity index (χ1n) is 9.69. The summed E-state index contributed by atoms with van der Waals surface area (Å²) in [6.45, 7) is 5.97. The van der Waals surface area contributed by atoms with E-state index in [1.165, 1.54) is 32.4 Å². The van der Waals surface area contributed by atoms with E-state index < -0.39 is 0 Å². The smallest absolute Gasteiger partial charge is 0.291 e. The van der Waals surface area contributed by atoms with Gasteiger partial charge in [-0.05, 0) is 57.8 Å². The van der Waals surface area contributed by atoms with Crippen LogP contribution in [0.4, 0.5) is 5.82 Å². The van der Waals surface area contributed by atoms with Gasteiger partial charge in [-0.15, -0.1) is 0 Å². The molecule has 0 aliphatic carbocycles. The number of hydrogen-bond acceptors (Lipinski definition) is 5. The SMILES string of the molecule is Cc1ccc2nc(C(=O)N3CCC(N4CCCCC4)CC3)nc(N)c2c1. The lowest BCUT2D eigenvalue weighted by Gasteiger charge is -2.40.